The average Bonchev–Trinajstić information content (AvgIpc) is 2.78. The zero-order chi connectivity index (χ0) is 12.3. The first-order chi connectivity index (χ1) is 8.07. The van der Waals surface area contributed by atoms with Crippen molar-refractivity contribution in [1.29, 1.82) is 0 Å². The Bertz CT molecular complexity index is 341. The third kappa shape index (κ3) is 3.22. The van der Waals surface area contributed by atoms with E-state index in [0.717, 1.165) is 25.7 Å². The Morgan fingerprint density at radius 1 is 1.06 bits per heavy atom. The molecule has 1 aliphatic carbocycles. The number of benzene rings is 1. The second-order valence-electron chi connectivity index (χ2n) is 4.53. The van der Waals surface area contributed by atoms with E-state index in [2.05, 4.69) is 5.32 Å². The lowest BCUT2D eigenvalue weighted by molar-refractivity contribution is -0.159. The monoisotopic (exact) mass is 243 g/mol. The molecule has 94 valence electrons. The van der Waals surface area contributed by atoms with Gasteiger partial charge in [-0.15, -0.1) is 0 Å². The number of alkyl halides is 3. The van der Waals surface area contributed by atoms with Crippen LogP contribution in [0.4, 0.5) is 13.2 Å². The molecule has 1 aliphatic rings. The Labute approximate surface area is 99.0 Å². The zero-order valence-corrected chi connectivity index (χ0v) is 9.50. The van der Waals surface area contributed by atoms with Gasteiger partial charge in [-0.2, -0.15) is 13.2 Å². The highest BCUT2D eigenvalue weighted by Gasteiger charge is 2.41. The summed E-state index contributed by atoms with van der Waals surface area (Å²) in [5.74, 6) is 0. The Balaban J connectivity index is 2.14. The minimum atomic E-state index is -4.23. The number of hydrogen-bond donors (Lipinski definition) is 1. The van der Waals surface area contributed by atoms with E-state index in [-0.39, 0.29) is 6.04 Å². The maximum absolute atomic E-state index is 13.0. The molecular weight excluding hydrogens is 227 g/mol. The summed E-state index contributed by atoms with van der Waals surface area (Å²) in [5, 5.41) is 2.75. The van der Waals surface area contributed by atoms with Gasteiger partial charge in [0.2, 0.25) is 0 Å². The average molecular weight is 243 g/mol. The van der Waals surface area contributed by atoms with E-state index in [4.69, 9.17) is 0 Å². The lowest BCUT2D eigenvalue weighted by Gasteiger charge is -2.25. The van der Waals surface area contributed by atoms with Gasteiger partial charge >= 0.3 is 6.18 Å². The SMILES string of the molecule is FC(F)(F)C(NC1CCCC1)c1ccccc1. The second-order valence-corrected chi connectivity index (χ2v) is 4.53. The van der Waals surface area contributed by atoms with Crippen molar-refractivity contribution in [1.82, 2.24) is 5.32 Å². The highest BCUT2D eigenvalue weighted by atomic mass is 19.4. The lowest BCUT2D eigenvalue weighted by Crippen LogP contribution is -2.39. The fourth-order valence-electron chi connectivity index (χ4n) is 2.35. The predicted molar refractivity (Wildman–Crippen MR) is 60.6 cm³/mol. The van der Waals surface area contributed by atoms with Crippen LogP contribution in [0.1, 0.15) is 37.3 Å². The van der Waals surface area contributed by atoms with Crippen LogP contribution in [-0.2, 0) is 0 Å². The van der Waals surface area contributed by atoms with Crippen molar-refractivity contribution in [2.45, 2.75) is 43.9 Å². The van der Waals surface area contributed by atoms with Crippen molar-refractivity contribution in [3.8, 4) is 0 Å². The van der Waals surface area contributed by atoms with Crippen molar-refractivity contribution in [2.24, 2.45) is 0 Å². The first-order valence-electron chi connectivity index (χ1n) is 5.95. The van der Waals surface area contributed by atoms with Gasteiger partial charge in [-0.3, -0.25) is 5.32 Å². The summed E-state index contributed by atoms with van der Waals surface area (Å²) in [7, 11) is 0. The molecule has 0 radical (unpaired) electrons. The van der Waals surface area contributed by atoms with Gasteiger partial charge in [0.15, 0.2) is 0 Å². The Hall–Kier alpha value is -1.03. The molecule has 0 bridgehead atoms. The molecule has 1 saturated carbocycles. The van der Waals surface area contributed by atoms with E-state index in [9.17, 15) is 13.2 Å². The van der Waals surface area contributed by atoms with Gasteiger partial charge in [-0.25, -0.2) is 0 Å². The molecule has 0 spiro atoms. The van der Waals surface area contributed by atoms with Crippen molar-refractivity contribution < 1.29 is 13.2 Å². The van der Waals surface area contributed by atoms with Crippen LogP contribution < -0.4 is 5.32 Å². The number of hydrogen-bond acceptors (Lipinski definition) is 1. The van der Waals surface area contributed by atoms with Crippen LogP contribution in [0.2, 0.25) is 0 Å². The molecule has 2 rings (SSSR count). The molecule has 1 atom stereocenters. The van der Waals surface area contributed by atoms with E-state index in [1.807, 2.05) is 0 Å². The first kappa shape index (κ1) is 12.4. The van der Waals surface area contributed by atoms with Gasteiger partial charge in [0.1, 0.15) is 6.04 Å². The van der Waals surface area contributed by atoms with E-state index in [1.54, 1.807) is 18.2 Å². The summed E-state index contributed by atoms with van der Waals surface area (Å²) in [6.45, 7) is 0. The third-order valence-electron chi connectivity index (χ3n) is 3.22. The highest BCUT2D eigenvalue weighted by molar-refractivity contribution is 5.20. The summed E-state index contributed by atoms with van der Waals surface area (Å²) in [4.78, 5) is 0. The van der Waals surface area contributed by atoms with Gasteiger partial charge < -0.3 is 0 Å². The highest BCUT2D eigenvalue weighted by Crippen LogP contribution is 2.34. The predicted octanol–water partition coefficient (Wildman–Crippen LogP) is 3.82. The van der Waals surface area contributed by atoms with E-state index in [0.29, 0.717) is 5.56 Å². The van der Waals surface area contributed by atoms with Crippen LogP contribution in [-0.4, -0.2) is 12.2 Å². The van der Waals surface area contributed by atoms with Crippen LogP contribution in [0.25, 0.3) is 0 Å². The summed E-state index contributed by atoms with van der Waals surface area (Å²) in [6.07, 6.45) is -0.489. The third-order valence-corrected chi connectivity index (χ3v) is 3.22. The number of rotatable bonds is 3. The minimum Gasteiger partial charge on any atom is -0.300 e. The summed E-state index contributed by atoms with van der Waals surface area (Å²) in [6, 6.07) is 6.54. The van der Waals surface area contributed by atoms with Gasteiger partial charge in [-0.1, -0.05) is 43.2 Å². The number of nitrogens with one attached hydrogen (secondary N) is 1. The standard InChI is InChI=1S/C13H16F3N/c14-13(15,16)12(10-6-2-1-3-7-10)17-11-8-4-5-9-11/h1-3,6-7,11-12,17H,4-5,8-9H2. The summed E-state index contributed by atoms with van der Waals surface area (Å²) >= 11 is 0. The fourth-order valence-corrected chi connectivity index (χ4v) is 2.35. The minimum absolute atomic E-state index is 0.00170. The van der Waals surface area contributed by atoms with Crippen molar-refractivity contribution >= 4 is 0 Å². The van der Waals surface area contributed by atoms with E-state index >= 15 is 0 Å². The van der Waals surface area contributed by atoms with Gasteiger partial charge in [0.25, 0.3) is 0 Å². The molecule has 1 aromatic carbocycles. The Morgan fingerprint density at radius 3 is 2.18 bits per heavy atom. The van der Waals surface area contributed by atoms with Crippen molar-refractivity contribution in [3.63, 3.8) is 0 Å². The Morgan fingerprint density at radius 2 is 1.65 bits per heavy atom. The second kappa shape index (κ2) is 5.08. The summed E-state index contributed by atoms with van der Waals surface area (Å²) < 4.78 is 39.0. The molecule has 1 N–H and O–H groups in total. The molecular formula is C13H16F3N. The Kier molecular flexibility index (Phi) is 3.72. The first-order valence-corrected chi connectivity index (χ1v) is 5.95. The topological polar surface area (TPSA) is 12.0 Å². The van der Waals surface area contributed by atoms with Gasteiger partial charge in [0.05, 0.1) is 0 Å². The molecule has 4 heteroatoms. The zero-order valence-electron chi connectivity index (χ0n) is 9.50. The fraction of sp³-hybridized carbons (Fsp3) is 0.538. The molecule has 1 unspecified atom stereocenters. The lowest BCUT2D eigenvalue weighted by atomic mass is 10.0. The van der Waals surface area contributed by atoms with Crippen molar-refractivity contribution in [2.75, 3.05) is 0 Å². The smallest absolute Gasteiger partial charge is 0.300 e. The molecule has 0 aromatic heterocycles. The molecule has 1 fully saturated rings. The molecule has 17 heavy (non-hydrogen) atoms. The van der Waals surface area contributed by atoms with Crippen LogP contribution >= 0.6 is 0 Å². The molecule has 0 heterocycles. The molecule has 0 amide bonds. The van der Waals surface area contributed by atoms with E-state index < -0.39 is 12.2 Å². The van der Waals surface area contributed by atoms with Crippen LogP contribution in [0, 0.1) is 0 Å². The molecule has 0 aliphatic heterocycles. The molecule has 1 aromatic rings. The quantitative estimate of drug-likeness (QED) is 0.851. The summed E-state index contributed by atoms with van der Waals surface area (Å²) in [5.41, 5.74) is 0.298. The maximum Gasteiger partial charge on any atom is 0.407 e. The van der Waals surface area contributed by atoms with Gasteiger partial charge in [0, 0.05) is 6.04 Å². The van der Waals surface area contributed by atoms with Crippen LogP contribution in [0.3, 0.4) is 0 Å². The van der Waals surface area contributed by atoms with Crippen LogP contribution in [0.15, 0.2) is 30.3 Å². The largest absolute Gasteiger partial charge is 0.407 e. The normalized spacial score (nSPS) is 19.5. The molecule has 1 nitrogen and oxygen atoms in total. The van der Waals surface area contributed by atoms with E-state index in [1.165, 1.54) is 12.1 Å². The molecule has 0 saturated heterocycles. The maximum atomic E-state index is 13.0. The number of halogens is 3. The van der Waals surface area contributed by atoms with Gasteiger partial charge in [-0.05, 0) is 18.4 Å². The van der Waals surface area contributed by atoms with Crippen molar-refractivity contribution in [3.05, 3.63) is 35.9 Å². The van der Waals surface area contributed by atoms with Crippen LogP contribution in [0.5, 0.6) is 0 Å².